The Balaban J connectivity index is 4.28. The van der Waals surface area contributed by atoms with Crippen LogP contribution in [0.1, 0.15) is 47.0 Å². The number of unbranched alkanes of at least 4 members (excludes halogenated alkanes) is 1. The van der Waals surface area contributed by atoms with Crippen LogP contribution in [0.25, 0.3) is 0 Å². The van der Waals surface area contributed by atoms with Gasteiger partial charge in [-0.3, -0.25) is 4.79 Å². The van der Waals surface area contributed by atoms with Crippen LogP contribution in [-0.2, 0) is 9.53 Å². The van der Waals surface area contributed by atoms with E-state index in [0.717, 1.165) is 19.3 Å². The maximum absolute atomic E-state index is 11.4. The Morgan fingerprint density at radius 2 is 1.92 bits per heavy atom. The van der Waals surface area contributed by atoms with Crippen molar-refractivity contribution in [2.24, 2.45) is 11.3 Å². The lowest BCUT2D eigenvalue weighted by Crippen LogP contribution is -2.29. The first kappa shape index (κ1) is 12.5. The van der Waals surface area contributed by atoms with Gasteiger partial charge in [0.2, 0.25) is 0 Å². The van der Waals surface area contributed by atoms with Crippen LogP contribution < -0.4 is 0 Å². The van der Waals surface area contributed by atoms with Gasteiger partial charge in [0.05, 0.1) is 13.0 Å². The van der Waals surface area contributed by atoms with E-state index < -0.39 is 0 Å². The third-order valence-electron chi connectivity index (χ3n) is 2.38. The van der Waals surface area contributed by atoms with Gasteiger partial charge in [-0.05, 0) is 11.8 Å². The molecule has 0 N–H and O–H groups in total. The maximum Gasteiger partial charge on any atom is 0.309 e. The highest BCUT2D eigenvalue weighted by atomic mass is 16.5. The number of hydrogen-bond acceptors (Lipinski definition) is 2. The van der Waals surface area contributed by atoms with Crippen LogP contribution >= 0.6 is 0 Å². The van der Waals surface area contributed by atoms with E-state index in [1.807, 2.05) is 0 Å². The molecule has 13 heavy (non-hydrogen) atoms. The zero-order valence-electron chi connectivity index (χ0n) is 9.52. The molecule has 78 valence electrons. The van der Waals surface area contributed by atoms with Crippen molar-refractivity contribution in [3.63, 3.8) is 0 Å². The van der Waals surface area contributed by atoms with Gasteiger partial charge in [-0.1, -0.05) is 40.5 Å². The Morgan fingerprint density at radius 3 is 2.23 bits per heavy atom. The lowest BCUT2D eigenvalue weighted by Gasteiger charge is -2.28. The first-order valence-electron chi connectivity index (χ1n) is 5.01. The fraction of sp³-hybridized carbons (Fsp3) is 0.909. The second kappa shape index (κ2) is 5.25. The summed E-state index contributed by atoms with van der Waals surface area (Å²) in [6.07, 6.45) is 3.16. The molecule has 0 amide bonds. The van der Waals surface area contributed by atoms with Crippen LogP contribution in [0, 0.1) is 11.3 Å². The van der Waals surface area contributed by atoms with Gasteiger partial charge in [-0.25, -0.2) is 0 Å². The highest BCUT2D eigenvalue weighted by molar-refractivity contribution is 5.73. The quantitative estimate of drug-likeness (QED) is 0.631. The van der Waals surface area contributed by atoms with Gasteiger partial charge in [0, 0.05) is 0 Å². The van der Waals surface area contributed by atoms with E-state index in [4.69, 9.17) is 4.74 Å². The van der Waals surface area contributed by atoms with Gasteiger partial charge in [0.1, 0.15) is 0 Å². The molecule has 0 heterocycles. The van der Waals surface area contributed by atoms with Crippen LogP contribution in [-0.4, -0.2) is 13.1 Å². The monoisotopic (exact) mass is 186 g/mol. The lowest BCUT2D eigenvalue weighted by atomic mass is 9.78. The molecule has 0 aromatic heterocycles. The van der Waals surface area contributed by atoms with E-state index in [2.05, 4.69) is 27.7 Å². The van der Waals surface area contributed by atoms with Crippen LogP contribution in [0.2, 0.25) is 0 Å². The fourth-order valence-corrected chi connectivity index (χ4v) is 1.45. The molecule has 0 bridgehead atoms. The molecule has 0 saturated carbocycles. The summed E-state index contributed by atoms with van der Waals surface area (Å²) >= 11 is 0. The molecule has 2 nitrogen and oxygen atoms in total. The van der Waals surface area contributed by atoms with E-state index in [9.17, 15) is 4.79 Å². The molecule has 0 fully saturated rings. The Hall–Kier alpha value is -0.530. The number of carbonyl (C=O) groups excluding carboxylic acids is 1. The van der Waals surface area contributed by atoms with Crippen LogP contribution in [0.5, 0.6) is 0 Å². The van der Waals surface area contributed by atoms with E-state index >= 15 is 0 Å². The van der Waals surface area contributed by atoms with Gasteiger partial charge in [-0.2, -0.15) is 0 Å². The standard InChI is InChI=1S/C11H22O2/c1-6-7-8-9(10(12)13-5)11(2,3)4/h9H,6-8H2,1-5H3. The Kier molecular flexibility index (Phi) is 5.04. The summed E-state index contributed by atoms with van der Waals surface area (Å²) in [5.41, 5.74) is 0.0161. The Bertz CT molecular complexity index is 156. The first-order valence-corrected chi connectivity index (χ1v) is 5.01. The molecule has 0 aliphatic heterocycles. The fourth-order valence-electron chi connectivity index (χ4n) is 1.45. The third-order valence-corrected chi connectivity index (χ3v) is 2.38. The highest BCUT2D eigenvalue weighted by Gasteiger charge is 2.31. The van der Waals surface area contributed by atoms with E-state index in [1.54, 1.807) is 0 Å². The SMILES string of the molecule is CCCCC(C(=O)OC)C(C)(C)C. The molecule has 0 rings (SSSR count). The number of esters is 1. The normalized spacial score (nSPS) is 13.9. The van der Waals surface area contributed by atoms with Crippen LogP contribution in [0.4, 0.5) is 0 Å². The summed E-state index contributed by atoms with van der Waals surface area (Å²) in [5.74, 6) is -0.0293. The average Bonchev–Trinajstić information content (AvgIpc) is 2.02. The third kappa shape index (κ3) is 4.30. The summed E-state index contributed by atoms with van der Waals surface area (Å²) in [6.45, 7) is 8.40. The minimum absolute atomic E-state index is 0.0161. The van der Waals surface area contributed by atoms with Crippen molar-refractivity contribution in [2.75, 3.05) is 7.11 Å². The molecule has 0 aliphatic carbocycles. The molecule has 0 aliphatic rings. The predicted octanol–water partition coefficient (Wildman–Crippen LogP) is 3.01. The number of hydrogen-bond donors (Lipinski definition) is 0. The van der Waals surface area contributed by atoms with Crippen molar-refractivity contribution >= 4 is 5.97 Å². The molecule has 2 heteroatoms. The molecular weight excluding hydrogens is 164 g/mol. The van der Waals surface area contributed by atoms with Gasteiger partial charge in [0.15, 0.2) is 0 Å². The van der Waals surface area contributed by atoms with E-state index in [0.29, 0.717) is 0 Å². The zero-order valence-corrected chi connectivity index (χ0v) is 9.52. The molecule has 0 radical (unpaired) electrons. The van der Waals surface area contributed by atoms with Crippen molar-refractivity contribution in [3.05, 3.63) is 0 Å². The maximum atomic E-state index is 11.4. The number of rotatable bonds is 4. The topological polar surface area (TPSA) is 26.3 Å². The minimum atomic E-state index is -0.0686. The van der Waals surface area contributed by atoms with Crippen molar-refractivity contribution in [1.82, 2.24) is 0 Å². The zero-order chi connectivity index (χ0) is 10.5. The molecule has 0 aromatic carbocycles. The number of carbonyl (C=O) groups is 1. The van der Waals surface area contributed by atoms with Gasteiger partial charge < -0.3 is 4.74 Å². The van der Waals surface area contributed by atoms with Crippen molar-refractivity contribution in [3.8, 4) is 0 Å². The molecule has 0 spiro atoms. The summed E-state index contributed by atoms with van der Waals surface area (Å²) in [6, 6.07) is 0. The van der Waals surface area contributed by atoms with Crippen LogP contribution in [0.15, 0.2) is 0 Å². The molecule has 0 saturated heterocycles. The smallest absolute Gasteiger partial charge is 0.309 e. The predicted molar refractivity (Wildman–Crippen MR) is 54.5 cm³/mol. The lowest BCUT2D eigenvalue weighted by molar-refractivity contribution is -0.149. The van der Waals surface area contributed by atoms with Gasteiger partial charge >= 0.3 is 5.97 Å². The van der Waals surface area contributed by atoms with Crippen LogP contribution in [0.3, 0.4) is 0 Å². The minimum Gasteiger partial charge on any atom is -0.469 e. The number of ether oxygens (including phenoxy) is 1. The second-order valence-electron chi connectivity index (χ2n) is 4.58. The summed E-state index contributed by atoms with van der Waals surface area (Å²) in [7, 11) is 1.47. The van der Waals surface area contributed by atoms with Crippen molar-refractivity contribution < 1.29 is 9.53 Å². The molecule has 1 atom stereocenters. The summed E-state index contributed by atoms with van der Waals surface area (Å²) in [4.78, 5) is 11.4. The van der Waals surface area contributed by atoms with E-state index in [1.165, 1.54) is 7.11 Å². The van der Waals surface area contributed by atoms with Crippen molar-refractivity contribution in [1.29, 1.82) is 0 Å². The Labute approximate surface area is 81.7 Å². The van der Waals surface area contributed by atoms with Gasteiger partial charge in [-0.15, -0.1) is 0 Å². The Morgan fingerprint density at radius 1 is 1.38 bits per heavy atom. The van der Waals surface area contributed by atoms with E-state index in [-0.39, 0.29) is 17.3 Å². The number of methoxy groups -OCH3 is 1. The molecular formula is C11H22O2. The van der Waals surface area contributed by atoms with Gasteiger partial charge in [0.25, 0.3) is 0 Å². The summed E-state index contributed by atoms with van der Waals surface area (Å²) < 4.78 is 4.80. The highest BCUT2D eigenvalue weighted by Crippen LogP contribution is 2.30. The van der Waals surface area contributed by atoms with Crippen molar-refractivity contribution in [2.45, 2.75) is 47.0 Å². The first-order chi connectivity index (χ1) is 5.93. The largest absolute Gasteiger partial charge is 0.469 e. The second-order valence-corrected chi connectivity index (χ2v) is 4.58. The molecule has 0 aromatic rings. The average molecular weight is 186 g/mol. The summed E-state index contributed by atoms with van der Waals surface area (Å²) in [5, 5.41) is 0. The molecule has 1 unspecified atom stereocenters.